The number of carboxylic acids is 1. The van der Waals surface area contributed by atoms with E-state index in [1.165, 1.54) is 44.9 Å². The Labute approximate surface area is 118 Å². The molecule has 1 aliphatic rings. The maximum Gasteiger partial charge on any atom is 0.307 e. The molecule has 0 amide bonds. The molecule has 3 unspecified atom stereocenters. The minimum Gasteiger partial charge on any atom is -0.481 e. The first kappa shape index (κ1) is 16.5. The van der Waals surface area contributed by atoms with E-state index in [4.69, 9.17) is 5.11 Å². The highest BCUT2D eigenvalue weighted by Crippen LogP contribution is 2.29. The van der Waals surface area contributed by atoms with Crippen molar-refractivity contribution in [1.82, 2.24) is 4.90 Å². The van der Waals surface area contributed by atoms with Crippen LogP contribution in [0, 0.1) is 11.8 Å². The molecule has 112 valence electrons. The molecule has 0 radical (unpaired) electrons. The molecule has 1 N–H and O–H groups in total. The largest absolute Gasteiger partial charge is 0.481 e. The number of rotatable bonds is 7. The zero-order valence-electron chi connectivity index (χ0n) is 12.9. The molecule has 0 aromatic rings. The first-order chi connectivity index (χ1) is 9.08. The highest BCUT2D eigenvalue weighted by atomic mass is 16.4. The Morgan fingerprint density at radius 3 is 2.58 bits per heavy atom. The van der Waals surface area contributed by atoms with Crippen LogP contribution in [0.3, 0.4) is 0 Å². The molecule has 0 spiro atoms. The predicted octanol–water partition coefficient (Wildman–Crippen LogP) is 3.78. The molecule has 0 bridgehead atoms. The molecule has 1 saturated carbocycles. The molecule has 0 aliphatic heterocycles. The first-order valence-corrected chi connectivity index (χ1v) is 8.05. The maximum absolute atomic E-state index is 11.0. The minimum atomic E-state index is -0.670. The normalized spacial score (nSPS) is 26.1. The Hall–Kier alpha value is -0.570. The number of carboxylic acid groups (broad SMARTS) is 1. The average Bonchev–Trinajstić information content (AvgIpc) is 2.61. The zero-order chi connectivity index (χ0) is 14.3. The Morgan fingerprint density at radius 2 is 2.00 bits per heavy atom. The van der Waals surface area contributed by atoms with Crippen molar-refractivity contribution < 1.29 is 9.90 Å². The van der Waals surface area contributed by atoms with Crippen LogP contribution >= 0.6 is 0 Å². The molecular formula is C16H31NO2. The Kier molecular flexibility index (Phi) is 7.44. The summed E-state index contributed by atoms with van der Waals surface area (Å²) in [6.07, 6.45) is 9.18. The summed E-state index contributed by atoms with van der Waals surface area (Å²) in [7, 11) is 0. The van der Waals surface area contributed by atoms with Crippen LogP contribution < -0.4 is 0 Å². The van der Waals surface area contributed by atoms with E-state index in [0.717, 1.165) is 12.5 Å². The maximum atomic E-state index is 11.0. The Morgan fingerprint density at radius 1 is 1.26 bits per heavy atom. The lowest BCUT2D eigenvalue weighted by Gasteiger charge is -2.31. The van der Waals surface area contributed by atoms with E-state index < -0.39 is 5.97 Å². The van der Waals surface area contributed by atoms with Gasteiger partial charge in [0.25, 0.3) is 0 Å². The van der Waals surface area contributed by atoms with Gasteiger partial charge in [-0.1, -0.05) is 46.5 Å². The molecule has 1 rings (SSSR count). The molecule has 19 heavy (non-hydrogen) atoms. The van der Waals surface area contributed by atoms with Crippen LogP contribution in [0.1, 0.15) is 65.7 Å². The Bertz CT molecular complexity index is 267. The summed E-state index contributed by atoms with van der Waals surface area (Å²) in [5, 5.41) is 9.07. The highest BCUT2D eigenvalue weighted by molar-refractivity contribution is 5.69. The molecule has 0 aromatic heterocycles. The van der Waals surface area contributed by atoms with Crippen LogP contribution in [0.15, 0.2) is 0 Å². The fourth-order valence-corrected chi connectivity index (χ4v) is 3.39. The quantitative estimate of drug-likeness (QED) is 0.715. The number of aliphatic carboxylic acids is 1. The van der Waals surface area contributed by atoms with E-state index in [2.05, 4.69) is 18.7 Å². The second-order valence-corrected chi connectivity index (χ2v) is 6.14. The topological polar surface area (TPSA) is 40.5 Å². The molecule has 1 fully saturated rings. The van der Waals surface area contributed by atoms with Gasteiger partial charge in [-0.05, 0) is 31.7 Å². The van der Waals surface area contributed by atoms with Crippen molar-refractivity contribution in [2.24, 2.45) is 11.8 Å². The van der Waals surface area contributed by atoms with Crippen LogP contribution in [0.5, 0.6) is 0 Å². The van der Waals surface area contributed by atoms with Crippen LogP contribution in [0.4, 0.5) is 0 Å². The van der Waals surface area contributed by atoms with Crippen molar-refractivity contribution in [1.29, 1.82) is 0 Å². The van der Waals surface area contributed by atoms with Gasteiger partial charge in [-0.2, -0.15) is 0 Å². The molecule has 0 heterocycles. The van der Waals surface area contributed by atoms with Crippen LogP contribution in [0.25, 0.3) is 0 Å². The van der Waals surface area contributed by atoms with Gasteiger partial charge < -0.3 is 5.11 Å². The number of nitrogens with zero attached hydrogens (tertiary/aromatic N) is 1. The van der Waals surface area contributed by atoms with Gasteiger partial charge in [-0.25, -0.2) is 0 Å². The van der Waals surface area contributed by atoms with Crippen LogP contribution in [-0.4, -0.2) is 35.1 Å². The SMILES string of the molecule is CCCC1CCCC(N(CC)CC(C)C(=O)O)CC1. The standard InChI is InChI=1S/C16H31NO2/c1-4-7-14-8-6-9-15(11-10-14)17(5-2)12-13(3)16(18)19/h13-15H,4-12H2,1-3H3,(H,18,19). The molecule has 0 aromatic carbocycles. The third-order valence-electron chi connectivity index (χ3n) is 4.61. The number of carbonyl (C=O) groups is 1. The molecule has 3 heteroatoms. The minimum absolute atomic E-state index is 0.255. The third kappa shape index (κ3) is 5.52. The molecule has 3 atom stereocenters. The Balaban J connectivity index is 2.49. The van der Waals surface area contributed by atoms with Crippen molar-refractivity contribution in [3.8, 4) is 0 Å². The number of hydrogen-bond donors (Lipinski definition) is 1. The van der Waals surface area contributed by atoms with Crippen LogP contribution in [-0.2, 0) is 4.79 Å². The van der Waals surface area contributed by atoms with E-state index in [-0.39, 0.29) is 5.92 Å². The molecule has 3 nitrogen and oxygen atoms in total. The van der Waals surface area contributed by atoms with E-state index in [0.29, 0.717) is 12.6 Å². The fraction of sp³-hybridized carbons (Fsp3) is 0.938. The summed E-state index contributed by atoms with van der Waals surface area (Å²) in [6, 6.07) is 0.605. The predicted molar refractivity (Wildman–Crippen MR) is 79.3 cm³/mol. The van der Waals surface area contributed by atoms with Gasteiger partial charge in [0, 0.05) is 12.6 Å². The lowest BCUT2D eigenvalue weighted by Crippen LogP contribution is -2.39. The summed E-state index contributed by atoms with van der Waals surface area (Å²) >= 11 is 0. The van der Waals surface area contributed by atoms with Crippen molar-refractivity contribution in [2.45, 2.75) is 71.8 Å². The first-order valence-electron chi connectivity index (χ1n) is 8.05. The average molecular weight is 269 g/mol. The molecular weight excluding hydrogens is 238 g/mol. The van der Waals surface area contributed by atoms with Gasteiger partial charge in [-0.3, -0.25) is 9.69 Å². The van der Waals surface area contributed by atoms with Gasteiger partial charge >= 0.3 is 5.97 Å². The van der Waals surface area contributed by atoms with E-state index in [1.54, 1.807) is 0 Å². The zero-order valence-corrected chi connectivity index (χ0v) is 12.9. The van der Waals surface area contributed by atoms with Crippen molar-refractivity contribution in [3.05, 3.63) is 0 Å². The third-order valence-corrected chi connectivity index (χ3v) is 4.61. The van der Waals surface area contributed by atoms with Crippen LogP contribution in [0.2, 0.25) is 0 Å². The van der Waals surface area contributed by atoms with Gasteiger partial charge in [0.05, 0.1) is 5.92 Å². The van der Waals surface area contributed by atoms with Gasteiger partial charge in [0.2, 0.25) is 0 Å². The molecule has 1 aliphatic carbocycles. The summed E-state index contributed by atoms with van der Waals surface area (Å²) < 4.78 is 0. The highest BCUT2D eigenvalue weighted by Gasteiger charge is 2.25. The molecule has 0 saturated heterocycles. The summed E-state index contributed by atoms with van der Waals surface area (Å²) in [5.74, 6) is -0.0174. The van der Waals surface area contributed by atoms with Gasteiger partial charge in [-0.15, -0.1) is 0 Å². The van der Waals surface area contributed by atoms with Gasteiger partial charge in [0.15, 0.2) is 0 Å². The summed E-state index contributed by atoms with van der Waals surface area (Å²) in [5.41, 5.74) is 0. The lowest BCUT2D eigenvalue weighted by atomic mass is 9.95. The smallest absolute Gasteiger partial charge is 0.307 e. The van der Waals surface area contributed by atoms with E-state index >= 15 is 0 Å². The monoisotopic (exact) mass is 269 g/mol. The summed E-state index contributed by atoms with van der Waals surface area (Å²) in [4.78, 5) is 13.4. The van der Waals surface area contributed by atoms with Gasteiger partial charge in [0.1, 0.15) is 0 Å². The van der Waals surface area contributed by atoms with Crippen molar-refractivity contribution >= 4 is 5.97 Å². The fourth-order valence-electron chi connectivity index (χ4n) is 3.39. The lowest BCUT2D eigenvalue weighted by molar-refractivity contribution is -0.141. The second kappa shape index (κ2) is 8.57. The van der Waals surface area contributed by atoms with E-state index in [9.17, 15) is 4.79 Å². The summed E-state index contributed by atoms with van der Waals surface area (Å²) in [6.45, 7) is 7.93. The van der Waals surface area contributed by atoms with Crippen molar-refractivity contribution in [3.63, 3.8) is 0 Å². The van der Waals surface area contributed by atoms with Crippen molar-refractivity contribution in [2.75, 3.05) is 13.1 Å². The second-order valence-electron chi connectivity index (χ2n) is 6.14. The van der Waals surface area contributed by atoms with E-state index in [1.807, 2.05) is 6.92 Å². The number of hydrogen-bond acceptors (Lipinski definition) is 2.